The van der Waals surface area contributed by atoms with Gasteiger partial charge in [0.15, 0.2) is 22.2 Å². The Kier molecular flexibility index (Phi) is 5.87. The summed E-state index contributed by atoms with van der Waals surface area (Å²) in [5.41, 5.74) is 2.35. The van der Waals surface area contributed by atoms with E-state index in [9.17, 15) is 4.79 Å². The van der Waals surface area contributed by atoms with Crippen molar-refractivity contribution in [1.29, 1.82) is 0 Å². The van der Waals surface area contributed by atoms with Crippen molar-refractivity contribution in [2.75, 3.05) is 18.2 Å². The number of thiazole rings is 1. The number of carbonyl (C=O) groups is 1. The fraction of sp³-hybridized carbons (Fsp3) is 0.182. The summed E-state index contributed by atoms with van der Waals surface area (Å²) in [6.07, 6.45) is 0.313. The molecule has 0 saturated heterocycles. The van der Waals surface area contributed by atoms with E-state index in [1.54, 1.807) is 18.9 Å². The first-order valence-electron chi connectivity index (χ1n) is 9.20. The SMILES string of the molecule is CCSc1ccc(CC(=O)Nc2nc(-c3cc4cccc(OC)c4o3)cs2)cc1. The van der Waals surface area contributed by atoms with Crippen LogP contribution in [0.3, 0.4) is 0 Å². The highest BCUT2D eigenvalue weighted by Crippen LogP contribution is 2.34. The maximum Gasteiger partial charge on any atom is 0.230 e. The summed E-state index contributed by atoms with van der Waals surface area (Å²) in [6, 6.07) is 15.7. The lowest BCUT2D eigenvalue weighted by Crippen LogP contribution is -2.14. The number of ether oxygens (including phenoxy) is 1. The number of thioether (sulfide) groups is 1. The number of fused-ring (bicyclic) bond motifs is 1. The van der Waals surface area contributed by atoms with E-state index in [2.05, 4.69) is 17.2 Å². The van der Waals surface area contributed by atoms with Gasteiger partial charge in [0.05, 0.1) is 13.5 Å². The van der Waals surface area contributed by atoms with E-state index in [0.717, 1.165) is 16.7 Å². The molecule has 2 aromatic carbocycles. The number of hydrogen-bond donors (Lipinski definition) is 1. The van der Waals surface area contributed by atoms with Crippen molar-refractivity contribution in [3.63, 3.8) is 0 Å². The van der Waals surface area contributed by atoms with Crippen molar-refractivity contribution in [3.8, 4) is 17.2 Å². The molecule has 2 aromatic heterocycles. The normalized spacial score (nSPS) is 11.0. The highest BCUT2D eigenvalue weighted by Gasteiger charge is 2.14. The molecule has 1 amide bonds. The van der Waals surface area contributed by atoms with Gasteiger partial charge < -0.3 is 14.5 Å². The minimum atomic E-state index is -0.0898. The van der Waals surface area contributed by atoms with Crippen molar-refractivity contribution < 1.29 is 13.9 Å². The Morgan fingerprint density at radius 1 is 1.24 bits per heavy atom. The van der Waals surface area contributed by atoms with Crippen LogP contribution < -0.4 is 10.1 Å². The van der Waals surface area contributed by atoms with Gasteiger partial charge in [-0.3, -0.25) is 4.79 Å². The van der Waals surface area contributed by atoms with Crippen LogP contribution in [0, 0.1) is 0 Å². The van der Waals surface area contributed by atoms with Gasteiger partial charge in [-0.05, 0) is 35.6 Å². The zero-order valence-corrected chi connectivity index (χ0v) is 17.7. The number of nitrogens with zero attached hydrogens (tertiary/aromatic N) is 1. The molecule has 4 aromatic rings. The monoisotopic (exact) mass is 424 g/mol. The summed E-state index contributed by atoms with van der Waals surface area (Å²) in [6.45, 7) is 2.12. The van der Waals surface area contributed by atoms with E-state index in [0.29, 0.717) is 34.3 Å². The van der Waals surface area contributed by atoms with E-state index >= 15 is 0 Å². The highest BCUT2D eigenvalue weighted by atomic mass is 32.2. The predicted molar refractivity (Wildman–Crippen MR) is 119 cm³/mol. The van der Waals surface area contributed by atoms with Crippen molar-refractivity contribution in [2.24, 2.45) is 0 Å². The van der Waals surface area contributed by atoms with Crippen LogP contribution in [0.5, 0.6) is 5.75 Å². The number of aromatic nitrogens is 1. The third-order valence-electron chi connectivity index (χ3n) is 4.33. The second-order valence-electron chi connectivity index (χ2n) is 6.33. The van der Waals surface area contributed by atoms with Crippen molar-refractivity contribution in [3.05, 3.63) is 59.5 Å². The van der Waals surface area contributed by atoms with Crippen LogP contribution in [-0.4, -0.2) is 23.8 Å². The van der Waals surface area contributed by atoms with Gasteiger partial charge in [-0.2, -0.15) is 0 Å². The molecule has 0 bridgehead atoms. The highest BCUT2D eigenvalue weighted by molar-refractivity contribution is 7.99. The minimum Gasteiger partial charge on any atom is -0.493 e. The number of para-hydroxylation sites is 1. The molecular formula is C22H20N2O3S2. The second-order valence-corrected chi connectivity index (χ2v) is 8.52. The molecule has 2 heterocycles. The van der Waals surface area contributed by atoms with Gasteiger partial charge in [0.25, 0.3) is 0 Å². The van der Waals surface area contributed by atoms with Crippen LogP contribution in [-0.2, 0) is 11.2 Å². The number of methoxy groups -OCH3 is 1. The summed E-state index contributed by atoms with van der Waals surface area (Å²) in [5, 5.41) is 6.24. The molecule has 4 rings (SSSR count). The summed E-state index contributed by atoms with van der Waals surface area (Å²) in [5.74, 6) is 2.27. The number of benzene rings is 2. The molecule has 148 valence electrons. The Balaban J connectivity index is 1.44. The predicted octanol–water partition coefficient (Wildman–Crippen LogP) is 5.86. The number of furan rings is 1. The van der Waals surface area contributed by atoms with Crippen LogP contribution in [0.2, 0.25) is 0 Å². The standard InChI is InChI=1S/C22H20N2O3S2/c1-3-28-16-9-7-14(8-10-16)11-20(25)24-22-23-17(13-29-22)19-12-15-5-4-6-18(26-2)21(15)27-19/h4-10,12-13H,3,11H2,1-2H3,(H,23,24,25). The molecular weight excluding hydrogens is 404 g/mol. The van der Waals surface area contributed by atoms with E-state index < -0.39 is 0 Å². The summed E-state index contributed by atoms with van der Waals surface area (Å²) < 4.78 is 11.3. The average molecular weight is 425 g/mol. The van der Waals surface area contributed by atoms with Gasteiger partial charge in [-0.25, -0.2) is 4.98 Å². The Morgan fingerprint density at radius 2 is 2.07 bits per heavy atom. The average Bonchev–Trinajstić information content (AvgIpc) is 3.36. The van der Waals surface area contributed by atoms with Gasteiger partial charge in [0, 0.05) is 15.7 Å². The number of rotatable bonds is 7. The van der Waals surface area contributed by atoms with Crippen molar-refractivity contribution in [1.82, 2.24) is 4.98 Å². The summed E-state index contributed by atoms with van der Waals surface area (Å²) >= 11 is 3.16. The quantitative estimate of drug-likeness (QED) is 0.377. The Bertz CT molecular complexity index is 1130. The van der Waals surface area contributed by atoms with Crippen LogP contribution in [0.15, 0.2) is 63.2 Å². The number of amides is 1. The van der Waals surface area contributed by atoms with Crippen molar-refractivity contribution in [2.45, 2.75) is 18.2 Å². The van der Waals surface area contributed by atoms with Crippen LogP contribution in [0.1, 0.15) is 12.5 Å². The number of carbonyl (C=O) groups excluding carboxylic acids is 1. The van der Waals surface area contributed by atoms with E-state index in [1.807, 2.05) is 53.9 Å². The molecule has 0 radical (unpaired) electrons. The topological polar surface area (TPSA) is 64.4 Å². The second kappa shape index (κ2) is 8.71. The molecule has 7 heteroatoms. The number of nitrogens with one attached hydrogen (secondary N) is 1. The largest absolute Gasteiger partial charge is 0.493 e. The van der Waals surface area contributed by atoms with E-state index in [1.165, 1.54) is 16.2 Å². The first-order valence-corrected chi connectivity index (χ1v) is 11.1. The molecule has 0 fully saturated rings. The third kappa shape index (κ3) is 4.46. The molecule has 0 aliphatic carbocycles. The Hall–Kier alpha value is -2.77. The first-order chi connectivity index (χ1) is 14.2. The minimum absolute atomic E-state index is 0.0898. The summed E-state index contributed by atoms with van der Waals surface area (Å²) in [7, 11) is 1.61. The zero-order chi connectivity index (χ0) is 20.2. The van der Waals surface area contributed by atoms with Crippen LogP contribution >= 0.6 is 23.1 Å². The van der Waals surface area contributed by atoms with Gasteiger partial charge in [-0.1, -0.05) is 31.2 Å². The summed E-state index contributed by atoms with van der Waals surface area (Å²) in [4.78, 5) is 18.1. The number of anilines is 1. The molecule has 0 saturated carbocycles. The smallest absolute Gasteiger partial charge is 0.230 e. The lowest BCUT2D eigenvalue weighted by Gasteiger charge is -2.03. The lowest BCUT2D eigenvalue weighted by atomic mass is 10.1. The molecule has 29 heavy (non-hydrogen) atoms. The van der Waals surface area contributed by atoms with Gasteiger partial charge in [0.1, 0.15) is 5.69 Å². The molecule has 0 spiro atoms. The molecule has 0 unspecified atom stereocenters. The van der Waals surface area contributed by atoms with Crippen LogP contribution in [0.25, 0.3) is 22.4 Å². The van der Waals surface area contributed by atoms with E-state index in [-0.39, 0.29) is 5.91 Å². The van der Waals surface area contributed by atoms with Gasteiger partial charge >= 0.3 is 0 Å². The maximum atomic E-state index is 12.4. The van der Waals surface area contributed by atoms with E-state index in [4.69, 9.17) is 9.15 Å². The van der Waals surface area contributed by atoms with Crippen LogP contribution in [0.4, 0.5) is 5.13 Å². The molecule has 0 aliphatic rings. The first kappa shape index (κ1) is 19.5. The number of hydrogen-bond acceptors (Lipinski definition) is 6. The maximum absolute atomic E-state index is 12.4. The Morgan fingerprint density at radius 3 is 2.83 bits per heavy atom. The Labute approximate surface area is 177 Å². The zero-order valence-electron chi connectivity index (χ0n) is 16.1. The van der Waals surface area contributed by atoms with Crippen molar-refractivity contribution >= 4 is 45.1 Å². The fourth-order valence-electron chi connectivity index (χ4n) is 2.99. The third-order valence-corrected chi connectivity index (χ3v) is 5.98. The lowest BCUT2D eigenvalue weighted by molar-refractivity contribution is -0.115. The molecule has 0 atom stereocenters. The fourth-order valence-corrected chi connectivity index (χ4v) is 4.36. The molecule has 5 nitrogen and oxygen atoms in total. The molecule has 0 aliphatic heterocycles. The van der Waals surface area contributed by atoms with Gasteiger partial charge in [-0.15, -0.1) is 23.1 Å². The molecule has 1 N–H and O–H groups in total. The van der Waals surface area contributed by atoms with Gasteiger partial charge in [0.2, 0.25) is 5.91 Å².